The fraction of sp³-hybridized carbons (Fsp3) is 0.360. The molecule has 0 bridgehead atoms. The number of amides is 1. The molecule has 0 spiro atoms. The number of carbonyl (C=O) groups excluding carboxylic acids is 1. The van der Waals surface area contributed by atoms with Crippen LogP contribution in [0.5, 0.6) is 0 Å². The highest BCUT2D eigenvalue weighted by atomic mass is 16.3. The molecular formula is C25H29N3O2. The van der Waals surface area contributed by atoms with Crippen molar-refractivity contribution < 1.29 is 9.21 Å². The number of fused-ring (bicyclic) bond motifs is 1. The van der Waals surface area contributed by atoms with Gasteiger partial charge in [0, 0.05) is 37.7 Å². The Kier molecular flexibility index (Phi) is 6.29. The average Bonchev–Trinajstić information content (AvgIpc) is 3.21. The van der Waals surface area contributed by atoms with Gasteiger partial charge in [0.1, 0.15) is 5.76 Å². The van der Waals surface area contributed by atoms with Gasteiger partial charge in [0.15, 0.2) is 6.39 Å². The highest BCUT2D eigenvalue weighted by Gasteiger charge is 2.26. The van der Waals surface area contributed by atoms with E-state index in [9.17, 15) is 4.79 Å². The summed E-state index contributed by atoms with van der Waals surface area (Å²) in [6.07, 6.45) is 12.1. The minimum Gasteiger partial charge on any atom is -0.448 e. The number of carbonyl (C=O) groups is 1. The van der Waals surface area contributed by atoms with Crippen LogP contribution in [-0.4, -0.2) is 34.9 Å². The van der Waals surface area contributed by atoms with Crippen LogP contribution in [0.1, 0.15) is 37.2 Å². The number of allylic oxidation sites excluding steroid dienone is 4. The molecule has 0 radical (unpaired) electrons. The maximum Gasteiger partial charge on any atom is 0.251 e. The lowest BCUT2D eigenvalue weighted by Gasteiger charge is -2.35. The quantitative estimate of drug-likeness (QED) is 0.793. The summed E-state index contributed by atoms with van der Waals surface area (Å²) in [5, 5.41) is 3.20. The van der Waals surface area contributed by atoms with Crippen LogP contribution in [0.2, 0.25) is 0 Å². The van der Waals surface area contributed by atoms with Gasteiger partial charge in [-0.15, -0.1) is 0 Å². The number of hydrogen-bond donors (Lipinski definition) is 1. The zero-order chi connectivity index (χ0) is 20.9. The Labute approximate surface area is 178 Å². The number of rotatable bonds is 6. The molecular weight excluding hydrogens is 374 g/mol. The fourth-order valence-corrected chi connectivity index (χ4v) is 4.38. The molecule has 30 heavy (non-hydrogen) atoms. The Bertz CT molecular complexity index is 986. The molecule has 2 aliphatic rings. The van der Waals surface area contributed by atoms with Crippen LogP contribution < -0.4 is 5.32 Å². The van der Waals surface area contributed by atoms with Crippen LogP contribution in [0.15, 0.2) is 76.2 Å². The predicted molar refractivity (Wildman–Crippen MR) is 118 cm³/mol. The van der Waals surface area contributed by atoms with Crippen molar-refractivity contribution in [2.24, 2.45) is 0 Å². The summed E-state index contributed by atoms with van der Waals surface area (Å²) < 4.78 is 5.52. The molecule has 5 heteroatoms. The SMILES string of the molecule is CC1=CCC=CC(C)=C1C(=O)NCC(Cc1cnco1)N1CCc2ccccc2C1. The molecule has 0 saturated heterocycles. The Morgan fingerprint density at radius 1 is 1.27 bits per heavy atom. The zero-order valence-corrected chi connectivity index (χ0v) is 17.7. The lowest BCUT2D eigenvalue weighted by Crippen LogP contribution is -2.47. The summed E-state index contributed by atoms with van der Waals surface area (Å²) in [7, 11) is 0. The normalized spacial score (nSPS) is 17.9. The van der Waals surface area contributed by atoms with Crippen LogP contribution in [0, 0.1) is 0 Å². The third-order valence-corrected chi connectivity index (χ3v) is 6.04. The summed E-state index contributed by atoms with van der Waals surface area (Å²) in [6.45, 7) is 6.43. The number of hydrogen-bond acceptors (Lipinski definition) is 4. The van der Waals surface area contributed by atoms with E-state index in [1.807, 2.05) is 19.9 Å². The van der Waals surface area contributed by atoms with E-state index < -0.39 is 0 Å². The maximum atomic E-state index is 13.1. The Morgan fingerprint density at radius 3 is 2.90 bits per heavy atom. The van der Waals surface area contributed by atoms with Gasteiger partial charge in [-0.2, -0.15) is 0 Å². The third-order valence-electron chi connectivity index (χ3n) is 6.04. The first-order valence-corrected chi connectivity index (χ1v) is 10.6. The molecule has 1 N–H and O–H groups in total. The largest absolute Gasteiger partial charge is 0.448 e. The van der Waals surface area contributed by atoms with E-state index in [1.165, 1.54) is 17.5 Å². The van der Waals surface area contributed by atoms with Crippen molar-refractivity contribution in [2.45, 2.75) is 45.7 Å². The molecule has 1 aliphatic heterocycles. The lowest BCUT2D eigenvalue weighted by atomic mass is 9.97. The van der Waals surface area contributed by atoms with Gasteiger partial charge in [0.25, 0.3) is 5.91 Å². The fourth-order valence-electron chi connectivity index (χ4n) is 4.38. The van der Waals surface area contributed by atoms with Crippen molar-refractivity contribution in [2.75, 3.05) is 13.1 Å². The summed E-state index contributed by atoms with van der Waals surface area (Å²) in [6, 6.07) is 8.75. The predicted octanol–water partition coefficient (Wildman–Crippen LogP) is 3.98. The molecule has 2 aromatic rings. The van der Waals surface area contributed by atoms with Crippen molar-refractivity contribution in [1.29, 1.82) is 0 Å². The number of oxazole rings is 1. The number of aromatic nitrogens is 1. The van der Waals surface area contributed by atoms with Gasteiger partial charge in [-0.05, 0) is 49.0 Å². The molecule has 1 amide bonds. The summed E-state index contributed by atoms with van der Waals surface area (Å²) in [5.41, 5.74) is 5.61. The van der Waals surface area contributed by atoms with E-state index in [0.29, 0.717) is 6.54 Å². The van der Waals surface area contributed by atoms with Crippen LogP contribution in [0.25, 0.3) is 0 Å². The first kappa shape index (κ1) is 20.4. The summed E-state index contributed by atoms with van der Waals surface area (Å²) in [5.74, 6) is 0.838. The van der Waals surface area contributed by atoms with Gasteiger partial charge in [0.2, 0.25) is 0 Å². The van der Waals surface area contributed by atoms with E-state index in [2.05, 4.69) is 51.6 Å². The molecule has 2 heterocycles. The van der Waals surface area contributed by atoms with E-state index in [1.54, 1.807) is 6.20 Å². The molecule has 1 atom stereocenters. The molecule has 4 rings (SSSR count). The number of nitrogens with zero attached hydrogens (tertiary/aromatic N) is 2. The Hall–Kier alpha value is -2.92. The first-order chi connectivity index (χ1) is 14.6. The highest BCUT2D eigenvalue weighted by Crippen LogP contribution is 2.23. The lowest BCUT2D eigenvalue weighted by molar-refractivity contribution is -0.117. The Morgan fingerprint density at radius 2 is 2.10 bits per heavy atom. The molecule has 0 saturated carbocycles. The van der Waals surface area contributed by atoms with Crippen LogP contribution in [-0.2, 0) is 24.2 Å². The van der Waals surface area contributed by atoms with Gasteiger partial charge in [-0.25, -0.2) is 4.98 Å². The van der Waals surface area contributed by atoms with Crippen LogP contribution >= 0.6 is 0 Å². The molecule has 5 nitrogen and oxygen atoms in total. The minimum absolute atomic E-state index is 0.00669. The van der Waals surface area contributed by atoms with Crippen molar-refractivity contribution >= 4 is 5.91 Å². The smallest absolute Gasteiger partial charge is 0.251 e. The minimum atomic E-state index is -0.00669. The van der Waals surface area contributed by atoms with E-state index in [0.717, 1.165) is 54.8 Å². The Balaban J connectivity index is 1.49. The molecule has 0 fully saturated rings. The monoisotopic (exact) mass is 403 g/mol. The number of nitrogens with one attached hydrogen (secondary N) is 1. The standard InChI is InChI=1S/C25H29N3O2/c1-18-7-3-4-8-19(2)24(18)25(29)27-14-22(13-23-15-26-17-30-23)28-12-11-20-9-5-6-10-21(20)16-28/h3,5-10,15,17,22H,4,11-14,16H2,1-2H3,(H,27,29). The van der Waals surface area contributed by atoms with E-state index >= 15 is 0 Å². The average molecular weight is 404 g/mol. The number of benzene rings is 1. The highest BCUT2D eigenvalue weighted by molar-refractivity contribution is 5.99. The van der Waals surface area contributed by atoms with Crippen molar-refractivity contribution in [3.63, 3.8) is 0 Å². The molecule has 1 aromatic heterocycles. The van der Waals surface area contributed by atoms with Gasteiger partial charge in [-0.3, -0.25) is 9.69 Å². The van der Waals surface area contributed by atoms with Crippen LogP contribution in [0.3, 0.4) is 0 Å². The van der Waals surface area contributed by atoms with Crippen molar-refractivity contribution in [3.8, 4) is 0 Å². The second kappa shape index (κ2) is 9.26. The second-order valence-corrected chi connectivity index (χ2v) is 8.11. The molecule has 1 aliphatic carbocycles. The van der Waals surface area contributed by atoms with Gasteiger partial charge >= 0.3 is 0 Å². The summed E-state index contributed by atoms with van der Waals surface area (Å²) >= 11 is 0. The van der Waals surface area contributed by atoms with Crippen molar-refractivity contribution in [3.05, 3.63) is 88.7 Å². The first-order valence-electron chi connectivity index (χ1n) is 10.6. The zero-order valence-electron chi connectivity index (χ0n) is 17.7. The molecule has 156 valence electrons. The molecule has 1 aromatic carbocycles. The van der Waals surface area contributed by atoms with Gasteiger partial charge < -0.3 is 9.73 Å². The van der Waals surface area contributed by atoms with Gasteiger partial charge in [-0.1, -0.05) is 42.5 Å². The van der Waals surface area contributed by atoms with E-state index in [-0.39, 0.29) is 11.9 Å². The van der Waals surface area contributed by atoms with Crippen molar-refractivity contribution in [1.82, 2.24) is 15.2 Å². The van der Waals surface area contributed by atoms with Crippen LogP contribution in [0.4, 0.5) is 0 Å². The van der Waals surface area contributed by atoms with Gasteiger partial charge in [0.05, 0.1) is 6.20 Å². The third kappa shape index (κ3) is 4.62. The topological polar surface area (TPSA) is 58.4 Å². The molecule has 1 unspecified atom stereocenters. The second-order valence-electron chi connectivity index (χ2n) is 8.11. The summed E-state index contributed by atoms with van der Waals surface area (Å²) in [4.78, 5) is 19.6. The van der Waals surface area contributed by atoms with E-state index in [4.69, 9.17) is 4.42 Å². The maximum absolute atomic E-state index is 13.1.